The largest absolute Gasteiger partial charge is 0.375 e. The molecule has 160 valence electrons. The van der Waals surface area contributed by atoms with Crippen LogP contribution in [0.1, 0.15) is 51.4 Å². The topological polar surface area (TPSA) is 48.9 Å². The summed E-state index contributed by atoms with van der Waals surface area (Å²) in [5, 5.41) is 0. The lowest BCUT2D eigenvalue weighted by molar-refractivity contribution is -0.132. The summed E-state index contributed by atoms with van der Waals surface area (Å²) >= 11 is 0. The Hall–Kier alpha value is -1.66. The molecule has 3 heterocycles. The molecule has 1 amide bonds. The molecule has 6 nitrogen and oxygen atoms in total. The highest BCUT2D eigenvalue weighted by Crippen LogP contribution is 2.24. The standard InChI is InChI=1S/C23H36N4O2/c28-23(27-18-16-26(17-19-27)22-8-4-5-12-24-22)11-15-25-13-9-21(10-14-25)29-20-6-2-1-3-7-20/h4-5,8,12,20-21H,1-3,6-7,9-11,13-19H2. The molecule has 3 fully saturated rings. The van der Waals surface area contributed by atoms with Gasteiger partial charge in [0.15, 0.2) is 0 Å². The smallest absolute Gasteiger partial charge is 0.223 e. The first kappa shape index (κ1) is 20.6. The molecule has 2 saturated heterocycles. The van der Waals surface area contributed by atoms with Gasteiger partial charge in [0.25, 0.3) is 0 Å². The van der Waals surface area contributed by atoms with Crippen molar-refractivity contribution in [2.45, 2.75) is 63.6 Å². The van der Waals surface area contributed by atoms with E-state index in [1.54, 1.807) is 0 Å². The van der Waals surface area contributed by atoms with Crippen LogP contribution in [0.25, 0.3) is 0 Å². The number of anilines is 1. The second-order valence-electron chi connectivity index (χ2n) is 8.74. The number of rotatable bonds is 6. The molecule has 1 saturated carbocycles. The summed E-state index contributed by atoms with van der Waals surface area (Å²) in [6, 6.07) is 6.00. The van der Waals surface area contributed by atoms with E-state index in [-0.39, 0.29) is 0 Å². The van der Waals surface area contributed by atoms with Crippen molar-refractivity contribution < 1.29 is 9.53 Å². The van der Waals surface area contributed by atoms with E-state index < -0.39 is 0 Å². The third-order valence-corrected chi connectivity index (χ3v) is 6.72. The molecular formula is C23H36N4O2. The molecular weight excluding hydrogens is 364 g/mol. The third kappa shape index (κ3) is 5.92. The fraction of sp³-hybridized carbons (Fsp3) is 0.739. The van der Waals surface area contributed by atoms with Crippen LogP contribution in [0, 0.1) is 0 Å². The van der Waals surface area contributed by atoms with Crippen LogP contribution in [0.15, 0.2) is 24.4 Å². The molecule has 0 radical (unpaired) electrons. The first-order chi connectivity index (χ1) is 14.3. The van der Waals surface area contributed by atoms with Crippen LogP contribution in [-0.4, -0.2) is 78.7 Å². The lowest BCUT2D eigenvalue weighted by atomic mass is 9.97. The van der Waals surface area contributed by atoms with Crippen molar-refractivity contribution in [3.05, 3.63) is 24.4 Å². The number of aromatic nitrogens is 1. The van der Waals surface area contributed by atoms with Crippen LogP contribution in [-0.2, 0) is 9.53 Å². The molecule has 29 heavy (non-hydrogen) atoms. The van der Waals surface area contributed by atoms with Crippen molar-refractivity contribution in [2.75, 3.05) is 50.7 Å². The normalized spacial score (nSPS) is 22.8. The summed E-state index contributed by atoms with van der Waals surface area (Å²) in [4.78, 5) is 23.8. The highest BCUT2D eigenvalue weighted by atomic mass is 16.5. The van der Waals surface area contributed by atoms with E-state index in [1.807, 2.05) is 29.3 Å². The zero-order valence-corrected chi connectivity index (χ0v) is 17.7. The van der Waals surface area contributed by atoms with Gasteiger partial charge in [0.05, 0.1) is 12.2 Å². The van der Waals surface area contributed by atoms with E-state index in [0.717, 1.165) is 64.5 Å². The Labute approximate surface area is 175 Å². The van der Waals surface area contributed by atoms with Gasteiger partial charge in [0.1, 0.15) is 5.82 Å². The molecule has 0 unspecified atom stereocenters. The lowest BCUT2D eigenvalue weighted by Gasteiger charge is -2.37. The van der Waals surface area contributed by atoms with Gasteiger partial charge in [-0.15, -0.1) is 0 Å². The van der Waals surface area contributed by atoms with E-state index in [2.05, 4.69) is 14.8 Å². The molecule has 1 aromatic heterocycles. The Morgan fingerprint density at radius 1 is 0.931 bits per heavy atom. The number of piperazine rings is 1. The van der Waals surface area contributed by atoms with Gasteiger partial charge < -0.3 is 19.4 Å². The number of hydrogen-bond donors (Lipinski definition) is 0. The van der Waals surface area contributed by atoms with Crippen LogP contribution in [0.4, 0.5) is 5.82 Å². The number of carbonyl (C=O) groups excluding carboxylic acids is 1. The van der Waals surface area contributed by atoms with Gasteiger partial charge in [0, 0.05) is 58.4 Å². The average molecular weight is 401 g/mol. The second kappa shape index (κ2) is 10.4. The molecule has 1 aromatic rings. The first-order valence-corrected chi connectivity index (χ1v) is 11.6. The molecule has 0 spiro atoms. The number of amides is 1. The summed E-state index contributed by atoms with van der Waals surface area (Å²) in [6.45, 7) is 6.35. The van der Waals surface area contributed by atoms with Gasteiger partial charge >= 0.3 is 0 Å². The number of carbonyl (C=O) groups is 1. The van der Waals surface area contributed by atoms with Crippen LogP contribution in [0.2, 0.25) is 0 Å². The summed E-state index contributed by atoms with van der Waals surface area (Å²) in [7, 11) is 0. The van der Waals surface area contributed by atoms with Crippen LogP contribution in [0.5, 0.6) is 0 Å². The zero-order valence-electron chi connectivity index (χ0n) is 17.7. The summed E-state index contributed by atoms with van der Waals surface area (Å²) < 4.78 is 6.34. The minimum atomic E-state index is 0.297. The van der Waals surface area contributed by atoms with Crippen molar-refractivity contribution in [3.8, 4) is 0 Å². The van der Waals surface area contributed by atoms with Gasteiger partial charge in [-0.05, 0) is 37.8 Å². The Morgan fingerprint density at radius 2 is 1.66 bits per heavy atom. The van der Waals surface area contributed by atoms with Crippen molar-refractivity contribution in [1.29, 1.82) is 0 Å². The van der Waals surface area contributed by atoms with E-state index in [9.17, 15) is 4.79 Å². The Morgan fingerprint density at radius 3 is 2.34 bits per heavy atom. The molecule has 0 aromatic carbocycles. The predicted molar refractivity (Wildman–Crippen MR) is 115 cm³/mol. The van der Waals surface area contributed by atoms with Gasteiger partial charge in [0.2, 0.25) is 5.91 Å². The number of piperidine rings is 1. The molecule has 0 atom stereocenters. The molecule has 1 aliphatic carbocycles. The molecule has 6 heteroatoms. The van der Waals surface area contributed by atoms with Crippen LogP contribution in [0.3, 0.4) is 0 Å². The highest BCUT2D eigenvalue weighted by molar-refractivity contribution is 5.76. The minimum Gasteiger partial charge on any atom is -0.375 e. The van der Waals surface area contributed by atoms with E-state index in [1.165, 1.54) is 32.1 Å². The fourth-order valence-electron chi connectivity index (χ4n) is 4.88. The van der Waals surface area contributed by atoms with Crippen LogP contribution < -0.4 is 4.90 Å². The number of pyridine rings is 1. The van der Waals surface area contributed by atoms with Crippen molar-refractivity contribution >= 4 is 11.7 Å². The molecule has 0 N–H and O–H groups in total. The van der Waals surface area contributed by atoms with Crippen molar-refractivity contribution in [3.63, 3.8) is 0 Å². The SMILES string of the molecule is O=C(CCN1CCC(OC2CCCCC2)CC1)N1CCN(c2ccccn2)CC1. The van der Waals surface area contributed by atoms with E-state index in [0.29, 0.717) is 24.5 Å². The predicted octanol–water partition coefficient (Wildman–Crippen LogP) is 2.93. The maximum Gasteiger partial charge on any atom is 0.223 e. The number of likely N-dealkylation sites (tertiary alicyclic amines) is 1. The number of nitrogens with zero attached hydrogens (tertiary/aromatic N) is 4. The first-order valence-electron chi connectivity index (χ1n) is 11.6. The lowest BCUT2D eigenvalue weighted by Crippen LogP contribution is -2.49. The van der Waals surface area contributed by atoms with Gasteiger partial charge in [-0.2, -0.15) is 0 Å². The molecule has 0 bridgehead atoms. The zero-order chi connectivity index (χ0) is 19.9. The minimum absolute atomic E-state index is 0.297. The Bertz CT molecular complexity index is 619. The summed E-state index contributed by atoms with van der Waals surface area (Å²) in [6.07, 6.45) is 12.2. The fourth-order valence-corrected chi connectivity index (χ4v) is 4.88. The highest BCUT2D eigenvalue weighted by Gasteiger charge is 2.26. The summed E-state index contributed by atoms with van der Waals surface area (Å²) in [5.41, 5.74) is 0. The number of hydrogen-bond acceptors (Lipinski definition) is 5. The maximum atomic E-state index is 12.7. The third-order valence-electron chi connectivity index (χ3n) is 6.72. The Kier molecular flexibility index (Phi) is 7.39. The van der Waals surface area contributed by atoms with E-state index >= 15 is 0 Å². The second-order valence-corrected chi connectivity index (χ2v) is 8.74. The van der Waals surface area contributed by atoms with Crippen LogP contribution >= 0.6 is 0 Å². The Balaban J connectivity index is 1.12. The van der Waals surface area contributed by atoms with Gasteiger partial charge in [-0.3, -0.25) is 4.79 Å². The van der Waals surface area contributed by atoms with E-state index in [4.69, 9.17) is 4.74 Å². The maximum absolute atomic E-state index is 12.7. The molecule has 2 aliphatic heterocycles. The average Bonchev–Trinajstić information content (AvgIpc) is 2.80. The van der Waals surface area contributed by atoms with Crippen molar-refractivity contribution in [1.82, 2.24) is 14.8 Å². The monoisotopic (exact) mass is 400 g/mol. The number of ether oxygens (including phenoxy) is 1. The van der Waals surface area contributed by atoms with Crippen molar-refractivity contribution in [2.24, 2.45) is 0 Å². The quantitative estimate of drug-likeness (QED) is 0.735. The molecule has 3 aliphatic rings. The molecule has 4 rings (SSSR count). The van der Waals surface area contributed by atoms with Gasteiger partial charge in [-0.1, -0.05) is 25.3 Å². The van der Waals surface area contributed by atoms with Gasteiger partial charge in [-0.25, -0.2) is 4.98 Å². The summed E-state index contributed by atoms with van der Waals surface area (Å²) in [5.74, 6) is 1.31.